The second-order valence-corrected chi connectivity index (χ2v) is 7.93. The predicted molar refractivity (Wildman–Crippen MR) is 115 cm³/mol. The van der Waals surface area contributed by atoms with Gasteiger partial charge in [0.1, 0.15) is 18.2 Å². The zero-order valence-corrected chi connectivity index (χ0v) is 17.4. The van der Waals surface area contributed by atoms with Gasteiger partial charge in [-0.15, -0.1) is 0 Å². The standard InChI is InChI=1S/C22H17Cl2FN4O/c23-19-11-18(29-6-4-14-9-16(25)1-2-20(14)29)10-15-12-28(7-8-30-21(15)19)13-17-3-5-26-22(24)27-17/h1-6,9-11H,7-8,12-13H2. The van der Waals surface area contributed by atoms with Crippen LogP contribution in [0.4, 0.5) is 4.39 Å². The average molecular weight is 443 g/mol. The van der Waals surface area contributed by atoms with Crippen LogP contribution in [0.25, 0.3) is 16.6 Å². The van der Waals surface area contributed by atoms with Crippen LogP contribution in [0, 0.1) is 5.82 Å². The molecule has 0 saturated carbocycles. The Balaban J connectivity index is 1.50. The lowest BCUT2D eigenvalue weighted by molar-refractivity contribution is 0.217. The number of hydrogen-bond donors (Lipinski definition) is 0. The number of benzene rings is 2. The number of halogens is 3. The first-order valence-electron chi connectivity index (χ1n) is 9.49. The molecule has 5 rings (SSSR count). The Morgan fingerprint density at radius 2 is 2.00 bits per heavy atom. The van der Waals surface area contributed by atoms with Crippen LogP contribution in [0.5, 0.6) is 5.75 Å². The minimum Gasteiger partial charge on any atom is -0.490 e. The molecular formula is C22H17Cl2FN4O. The lowest BCUT2D eigenvalue weighted by atomic mass is 10.1. The molecule has 0 bridgehead atoms. The highest BCUT2D eigenvalue weighted by molar-refractivity contribution is 6.32. The van der Waals surface area contributed by atoms with Gasteiger partial charge in [0.2, 0.25) is 5.28 Å². The van der Waals surface area contributed by atoms with Crippen LogP contribution in [0.1, 0.15) is 11.3 Å². The minimum atomic E-state index is -0.255. The van der Waals surface area contributed by atoms with Crippen molar-refractivity contribution in [3.8, 4) is 11.4 Å². The molecule has 0 saturated heterocycles. The summed E-state index contributed by atoms with van der Waals surface area (Å²) in [5, 5.41) is 1.62. The Morgan fingerprint density at radius 3 is 2.87 bits per heavy atom. The Labute approximate surface area is 182 Å². The molecule has 0 spiro atoms. The Morgan fingerprint density at radius 1 is 1.10 bits per heavy atom. The summed E-state index contributed by atoms with van der Waals surface area (Å²) in [4.78, 5) is 10.4. The summed E-state index contributed by atoms with van der Waals surface area (Å²) in [5.41, 5.74) is 3.64. The van der Waals surface area contributed by atoms with Crippen LogP contribution in [-0.2, 0) is 13.1 Å². The fourth-order valence-corrected chi connectivity index (χ4v) is 4.26. The van der Waals surface area contributed by atoms with E-state index >= 15 is 0 Å². The van der Waals surface area contributed by atoms with E-state index in [2.05, 4.69) is 20.9 Å². The largest absolute Gasteiger partial charge is 0.490 e. The average Bonchev–Trinajstić information content (AvgIpc) is 3.01. The van der Waals surface area contributed by atoms with E-state index in [0.717, 1.165) is 34.4 Å². The van der Waals surface area contributed by atoms with E-state index in [9.17, 15) is 4.39 Å². The summed E-state index contributed by atoms with van der Waals surface area (Å²) in [6.45, 7) is 2.53. The second kappa shape index (κ2) is 7.87. The smallest absolute Gasteiger partial charge is 0.222 e. The topological polar surface area (TPSA) is 43.2 Å². The molecule has 5 nitrogen and oxygen atoms in total. The van der Waals surface area contributed by atoms with Gasteiger partial charge in [0, 0.05) is 48.7 Å². The van der Waals surface area contributed by atoms with Crippen molar-refractivity contribution in [3.05, 3.63) is 82.2 Å². The SMILES string of the molecule is Fc1ccc2c(ccn2-c2cc(Cl)c3c(c2)CN(Cc2ccnc(Cl)n2)CCO3)c1. The van der Waals surface area contributed by atoms with Gasteiger partial charge in [0.15, 0.2) is 0 Å². The van der Waals surface area contributed by atoms with E-state index in [1.807, 2.05) is 29.0 Å². The van der Waals surface area contributed by atoms with E-state index in [1.165, 1.54) is 12.1 Å². The maximum absolute atomic E-state index is 13.6. The normalized spacial score (nSPS) is 14.4. The molecule has 1 aliphatic heterocycles. The van der Waals surface area contributed by atoms with E-state index in [1.54, 1.807) is 12.3 Å². The van der Waals surface area contributed by atoms with Gasteiger partial charge in [-0.2, -0.15) is 0 Å². The van der Waals surface area contributed by atoms with Crippen molar-refractivity contribution in [1.29, 1.82) is 0 Å². The third kappa shape index (κ3) is 3.74. The van der Waals surface area contributed by atoms with Crippen LogP contribution in [0.2, 0.25) is 10.3 Å². The molecule has 0 radical (unpaired) electrons. The van der Waals surface area contributed by atoms with Gasteiger partial charge >= 0.3 is 0 Å². The number of hydrogen-bond acceptors (Lipinski definition) is 4. The van der Waals surface area contributed by atoms with Crippen molar-refractivity contribution in [2.45, 2.75) is 13.1 Å². The molecule has 0 aliphatic carbocycles. The van der Waals surface area contributed by atoms with Crippen LogP contribution in [0.15, 0.2) is 54.9 Å². The molecule has 3 heterocycles. The quantitative estimate of drug-likeness (QED) is 0.405. The molecule has 0 fully saturated rings. The maximum Gasteiger partial charge on any atom is 0.222 e. The van der Waals surface area contributed by atoms with Crippen molar-refractivity contribution in [1.82, 2.24) is 19.4 Å². The Kier molecular flexibility index (Phi) is 5.06. The molecule has 0 N–H and O–H groups in total. The molecule has 2 aromatic heterocycles. The zero-order chi connectivity index (χ0) is 20.7. The van der Waals surface area contributed by atoms with Gasteiger partial charge in [0.05, 0.1) is 16.2 Å². The molecule has 0 atom stereocenters. The first-order valence-corrected chi connectivity index (χ1v) is 10.2. The molecule has 4 aromatic rings. The molecule has 30 heavy (non-hydrogen) atoms. The van der Waals surface area contributed by atoms with Crippen molar-refractivity contribution in [2.24, 2.45) is 0 Å². The van der Waals surface area contributed by atoms with Crippen molar-refractivity contribution >= 4 is 34.1 Å². The second-order valence-electron chi connectivity index (χ2n) is 7.18. The van der Waals surface area contributed by atoms with E-state index in [-0.39, 0.29) is 11.1 Å². The van der Waals surface area contributed by atoms with Crippen LogP contribution in [0.3, 0.4) is 0 Å². The fraction of sp³-hybridized carbons (Fsp3) is 0.182. The van der Waals surface area contributed by atoms with Crippen LogP contribution >= 0.6 is 23.2 Å². The van der Waals surface area contributed by atoms with Crippen molar-refractivity contribution in [2.75, 3.05) is 13.2 Å². The van der Waals surface area contributed by atoms with Gasteiger partial charge in [-0.05, 0) is 54.1 Å². The summed E-state index contributed by atoms with van der Waals surface area (Å²) in [6.07, 6.45) is 3.57. The van der Waals surface area contributed by atoms with Gasteiger partial charge in [-0.1, -0.05) is 11.6 Å². The number of aromatic nitrogens is 3. The first-order chi connectivity index (χ1) is 14.6. The molecular weight excluding hydrogens is 426 g/mol. The van der Waals surface area contributed by atoms with Gasteiger partial charge in [-0.3, -0.25) is 4.90 Å². The number of fused-ring (bicyclic) bond motifs is 2. The predicted octanol–water partition coefficient (Wildman–Crippen LogP) is 5.26. The summed E-state index contributed by atoms with van der Waals surface area (Å²) in [7, 11) is 0. The van der Waals surface area contributed by atoms with Crippen LogP contribution < -0.4 is 4.74 Å². The summed E-state index contributed by atoms with van der Waals surface area (Å²) in [6, 6.07) is 12.4. The molecule has 0 unspecified atom stereocenters. The molecule has 8 heteroatoms. The third-order valence-electron chi connectivity index (χ3n) is 5.15. The highest BCUT2D eigenvalue weighted by Gasteiger charge is 2.20. The third-order valence-corrected chi connectivity index (χ3v) is 5.62. The fourth-order valence-electron chi connectivity index (χ4n) is 3.81. The summed E-state index contributed by atoms with van der Waals surface area (Å²) < 4.78 is 21.5. The summed E-state index contributed by atoms with van der Waals surface area (Å²) in [5.74, 6) is 0.445. The lowest BCUT2D eigenvalue weighted by Crippen LogP contribution is -2.25. The van der Waals surface area contributed by atoms with E-state index in [4.69, 9.17) is 27.9 Å². The number of nitrogens with zero attached hydrogens (tertiary/aromatic N) is 4. The minimum absolute atomic E-state index is 0.236. The zero-order valence-electron chi connectivity index (χ0n) is 15.9. The maximum atomic E-state index is 13.6. The van der Waals surface area contributed by atoms with Gasteiger partial charge in [0.25, 0.3) is 0 Å². The van der Waals surface area contributed by atoms with E-state index < -0.39 is 0 Å². The molecule has 152 valence electrons. The highest BCUT2D eigenvalue weighted by Crippen LogP contribution is 2.35. The van der Waals surface area contributed by atoms with Crippen LogP contribution in [-0.4, -0.2) is 32.6 Å². The monoisotopic (exact) mass is 442 g/mol. The molecule has 2 aromatic carbocycles. The number of rotatable bonds is 3. The molecule has 1 aliphatic rings. The van der Waals surface area contributed by atoms with Gasteiger partial charge in [-0.25, -0.2) is 14.4 Å². The van der Waals surface area contributed by atoms with Gasteiger partial charge < -0.3 is 9.30 Å². The van der Waals surface area contributed by atoms with E-state index in [0.29, 0.717) is 30.5 Å². The summed E-state index contributed by atoms with van der Waals surface area (Å²) >= 11 is 12.5. The highest BCUT2D eigenvalue weighted by atomic mass is 35.5. The Hall–Kier alpha value is -2.67. The molecule has 0 amide bonds. The first kappa shape index (κ1) is 19.3. The Bertz CT molecular complexity index is 1240. The van der Waals surface area contributed by atoms with Crippen molar-refractivity contribution in [3.63, 3.8) is 0 Å². The number of ether oxygens (including phenoxy) is 1. The lowest BCUT2D eigenvalue weighted by Gasteiger charge is -2.19. The van der Waals surface area contributed by atoms with Crippen molar-refractivity contribution < 1.29 is 9.13 Å².